The lowest BCUT2D eigenvalue weighted by atomic mass is 10.1. The molecule has 0 saturated carbocycles. The van der Waals surface area contributed by atoms with Gasteiger partial charge in [-0.25, -0.2) is 0 Å². The first-order valence-electron chi connectivity index (χ1n) is 8.42. The Hall–Kier alpha value is -2.49. The van der Waals surface area contributed by atoms with Crippen LogP contribution in [-0.2, 0) is 13.6 Å². The minimum atomic E-state index is -0.155. The molecule has 1 aliphatic heterocycles. The van der Waals surface area contributed by atoms with Crippen molar-refractivity contribution >= 4 is 17.1 Å². The molecule has 1 fully saturated rings. The molecule has 0 radical (unpaired) electrons. The van der Waals surface area contributed by atoms with Crippen molar-refractivity contribution in [3.63, 3.8) is 0 Å². The molecule has 0 N–H and O–H groups in total. The Kier molecular flexibility index (Phi) is 4.74. The van der Waals surface area contributed by atoms with Crippen LogP contribution in [0.5, 0.6) is 6.01 Å². The van der Waals surface area contributed by atoms with E-state index < -0.39 is 0 Å². The van der Waals surface area contributed by atoms with Crippen LogP contribution in [0.2, 0.25) is 0 Å². The van der Waals surface area contributed by atoms with Crippen LogP contribution in [0.15, 0.2) is 4.79 Å². The lowest BCUT2D eigenvalue weighted by molar-refractivity contribution is 0.297. The SMILES string of the molecule is CC#CCn1c(N2CCCCC2)nc2nc(OCC)n(C)c(=O)c21. The zero-order valence-electron chi connectivity index (χ0n) is 14.5. The van der Waals surface area contributed by atoms with Gasteiger partial charge in [0, 0.05) is 20.1 Å². The summed E-state index contributed by atoms with van der Waals surface area (Å²) in [7, 11) is 1.67. The Bertz CT molecular complexity index is 850. The van der Waals surface area contributed by atoms with E-state index in [0.717, 1.165) is 31.9 Å². The highest BCUT2D eigenvalue weighted by molar-refractivity contribution is 5.74. The van der Waals surface area contributed by atoms with Gasteiger partial charge >= 0.3 is 6.01 Å². The van der Waals surface area contributed by atoms with E-state index >= 15 is 0 Å². The summed E-state index contributed by atoms with van der Waals surface area (Å²) in [6.07, 6.45) is 3.51. The summed E-state index contributed by atoms with van der Waals surface area (Å²) in [6.45, 7) is 6.44. The van der Waals surface area contributed by atoms with Gasteiger partial charge in [-0.3, -0.25) is 13.9 Å². The highest BCUT2D eigenvalue weighted by atomic mass is 16.5. The molecule has 1 aliphatic rings. The number of nitrogens with zero attached hydrogens (tertiary/aromatic N) is 5. The number of rotatable bonds is 4. The van der Waals surface area contributed by atoms with Gasteiger partial charge in [-0.15, -0.1) is 5.92 Å². The van der Waals surface area contributed by atoms with Gasteiger partial charge < -0.3 is 9.64 Å². The van der Waals surface area contributed by atoms with E-state index in [1.54, 1.807) is 14.0 Å². The highest BCUT2D eigenvalue weighted by Gasteiger charge is 2.23. The average molecular weight is 329 g/mol. The Morgan fingerprint density at radius 1 is 1.21 bits per heavy atom. The summed E-state index contributed by atoms with van der Waals surface area (Å²) in [4.78, 5) is 24.1. The van der Waals surface area contributed by atoms with Crippen LogP contribution in [0, 0.1) is 11.8 Å². The quantitative estimate of drug-likeness (QED) is 0.796. The van der Waals surface area contributed by atoms with Crippen molar-refractivity contribution in [1.29, 1.82) is 0 Å². The maximum Gasteiger partial charge on any atom is 0.301 e. The summed E-state index contributed by atoms with van der Waals surface area (Å²) < 4.78 is 8.79. The molecule has 2 aromatic heterocycles. The molecule has 0 aromatic carbocycles. The third-order valence-corrected chi connectivity index (χ3v) is 4.25. The van der Waals surface area contributed by atoms with E-state index in [-0.39, 0.29) is 5.56 Å². The van der Waals surface area contributed by atoms with Gasteiger partial charge in [-0.05, 0) is 33.1 Å². The van der Waals surface area contributed by atoms with E-state index in [1.807, 2.05) is 11.5 Å². The Labute approximate surface area is 141 Å². The number of fused-ring (bicyclic) bond motifs is 1. The summed E-state index contributed by atoms with van der Waals surface area (Å²) in [6, 6.07) is 0.298. The van der Waals surface area contributed by atoms with Crippen LogP contribution >= 0.6 is 0 Å². The van der Waals surface area contributed by atoms with Crippen LogP contribution in [0.25, 0.3) is 11.2 Å². The molecule has 3 rings (SSSR count). The van der Waals surface area contributed by atoms with E-state index in [1.165, 1.54) is 11.0 Å². The summed E-state index contributed by atoms with van der Waals surface area (Å²) in [5, 5.41) is 0. The van der Waals surface area contributed by atoms with Crippen molar-refractivity contribution in [2.24, 2.45) is 7.05 Å². The monoisotopic (exact) mass is 329 g/mol. The number of aromatic nitrogens is 4. The van der Waals surface area contributed by atoms with Gasteiger partial charge in [-0.1, -0.05) is 5.92 Å². The maximum atomic E-state index is 12.8. The Morgan fingerprint density at radius 2 is 1.96 bits per heavy atom. The fourth-order valence-electron chi connectivity index (χ4n) is 3.03. The third kappa shape index (κ3) is 2.84. The molecule has 7 nitrogen and oxygen atoms in total. The second-order valence-corrected chi connectivity index (χ2v) is 5.84. The smallest absolute Gasteiger partial charge is 0.301 e. The largest absolute Gasteiger partial charge is 0.465 e. The molecule has 7 heteroatoms. The molecule has 2 aromatic rings. The number of piperidine rings is 1. The van der Waals surface area contributed by atoms with Crippen LogP contribution in [-0.4, -0.2) is 38.8 Å². The lowest BCUT2D eigenvalue weighted by Gasteiger charge is -2.27. The van der Waals surface area contributed by atoms with E-state index in [9.17, 15) is 4.79 Å². The molecule has 0 unspecified atom stereocenters. The van der Waals surface area contributed by atoms with E-state index in [2.05, 4.69) is 26.7 Å². The minimum Gasteiger partial charge on any atom is -0.465 e. The zero-order chi connectivity index (χ0) is 17.1. The minimum absolute atomic E-state index is 0.155. The molecule has 24 heavy (non-hydrogen) atoms. The van der Waals surface area contributed by atoms with Gasteiger partial charge in [0.2, 0.25) is 5.95 Å². The fourth-order valence-corrected chi connectivity index (χ4v) is 3.03. The van der Waals surface area contributed by atoms with E-state index in [0.29, 0.717) is 30.3 Å². The molecular formula is C17H23N5O2. The van der Waals surface area contributed by atoms with Gasteiger partial charge in [0.05, 0.1) is 13.2 Å². The second-order valence-electron chi connectivity index (χ2n) is 5.84. The van der Waals surface area contributed by atoms with Gasteiger partial charge in [0.15, 0.2) is 11.2 Å². The first-order valence-corrected chi connectivity index (χ1v) is 8.42. The van der Waals surface area contributed by atoms with Crippen LogP contribution < -0.4 is 15.2 Å². The number of hydrogen-bond donors (Lipinski definition) is 0. The molecule has 128 valence electrons. The normalized spacial score (nSPS) is 14.5. The number of anilines is 1. The third-order valence-electron chi connectivity index (χ3n) is 4.25. The standard InChI is InChI=1S/C17H23N5O2/c1-4-6-12-22-13-14(18-16(22)21-10-8-7-9-11-21)19-17(24-5-2)20(3)15(13)23/h5,7-12H2,1-3H3. The second kappa shape index (κ2) is 6.95. The Balaban J connectivity index is 2.20. The molecule has 1 saturated heterocycles. The Morgan fingerprint density at radius 3 is 2.62 bits per heavy atom. The van der Waals surface area contributed by atoms with Crippen LogP contribution in [0.1, 0.15) is 33.1 Å². The molecule has 0 atom stereocenters. The van der Waals surface area contributed by atoms with Crippen molar-refractivity contribution in [2.75, 3.05) is 24.6 Å². The molecule has 3 heterocycles. The lowest BCUT2D eigenvalue weighted by Crippen LogP contribution is -2.32. The number of ether oxygens (including phenoxy) is 1. The first kappa shape index (κ1) is 16.4. The summed E-state index contributed by atoms with van der Waals surface area (Å²) in [5.41, 5.74) is 0.765. The van der Waals surface area contributed by atoms with Crippen molar-refractivity contribution in [3.8, 4) is 17.9 Å². The van der Waals surface area contributed by atoms with Crippen molar-refractivity contribution in [3.05, 3.63) is 10.4 Å². The van der Waals surface area contributed by atoms with Gasteiger partial charge in [0.1, 0.15) is 0 Å². The topological polar surface area (TPSA) is 65.2 Å². The molecule has 0 aliphatic carbocycles. The molecule has 0 bridgehead atoms. The predicted molar refractivity (Wildman–Crippen MR) is 93.5 cm³/mol. The summed E-state index contributed by atoms with van der Waals surface area (Å²) in [5.74, 6) is 6.73. The molecule has 0 spiro atoms. The highest BCUT2D eigenvalue weighted by Crippen LogP contribution is 2.23. The molecule has 0 amide bonds. The van der Waals surface area contributed by atoms with Crippen LogP contribution in [0.3, 0.4) is 0 Å². The number of hydrogen-bond acceptors (Lipinski definition) is 5. The number of imidazole rings is 1. The maximum absolute atomic E-state index is 12.8. The van der Waals surface area contributed by atoms with Crippen molar-refractivity contribution in [1.82, 2.24) is 19.1 Å². The summed E-state index contributed by atoms with van der Waals surface area (Å²) >= 11 is 0. The van der Waals surface area contributed by atoms with E-state index in [4.69, 9.17) is 4.74 Å². The van der Waals surface area contributed by atoms with Gasteiger partial charge in [0.25, 0.3) is 5.56 Å². The average Bonchev–Trinajstić information content (AvgIpc) is 2.97. The predicted octanol–water partition coefficient (Wildman–Crippen LogP) is 1.54. The van der Waals surface area contributed by atoms with Crippen molar-refractivity contribution in [2.45, 2.75) is 39.7 Å². The van der Waals surface area contributed by atoms with Crippen molar-refractivity contribution < 1.29 is 4.74 Å². The van der Waals surface area contributed by atoms with Crippen LogP contribution in [0.4, 0.5) is 5.95 Å². The molecular weight excluding hydrogens is 306 g/mol. The van der Waals surface area contributed by atoms with Gasteiger partial charge in [-0.2, -0.15) is 9.97 Å². The first-order chi connectivity index (χ1) is 11.7. The fraction of sp³-hybridized carbons (Fsp3) is 0.588. The zero-order valence-corrected chi connectivity index (χ0v) is 14.5.